The summed E-state index contributed by atoms with van der Waals surface area (Å²) in [5.41, 5.74) is -1.21. The van der Waals surface area contributed by atoms with Crippen LogP contribution in [0.15, 0.2) is 70.9 Å². The number of aliphatic hydroxyl groups is 2. The maximum atomic E-state index is 14.7. The second-order valence-electron chi connectivity index (χ2n) is 12.6. The van der Waals surface area contributed by atoms with Crippen LogP contribution < -0.4 is 0 Å². The fourth-order valence-corrected chi connectivity index (χ4v) is 7.52. The molecule has 1 aromatic rings. The fourth-order valence-electron chi connectivity index (χ4n) is 7.52. The Bertz CT molecular complexity index is 1240. The number of rotatable bonds is 7. The van der Waals surface area contributed by atoms with E-state index in [1.54, 1.807) is 24.3 Å². The molecule has 4 heteroatoms. The molecule has 4 aliphatic carbocycles. The molecule has 1 aromatic carbocycles. The highest BCUT2D eigenvalue weighted by Gasteiger charge is 2.85. The summed E-state index contributed by atoms with van der Waals surface area (Å²) in [5, 5.41) is 24.7. The van der Waals surface area contributed by atoms with E-state index in [4.69, 9.17) is 0 Å². The predicted molar refractivity (Wildman–Crippen MR) is 149 cm³/mol. The fraction of sp³-hybridized carbons (Fsp3) is 0.515. The highest BCUT2D eigenvalue weighted by molar-refractivity contribution is 6.24. The van der Waals surface area contributed by atoms with Crippen LogP contribution in [0.3, 0.4) is 0 Å². The van der Waals surface area contributed by atoms with E-state index in [1.165, 1.54) is 5.57 Å². The van der Waals surface area contributed by atoms with Crippen molar-refractivity contribution >= 4 is 17.3 Å². The minimum absolute atomic E-state index is 0.0119. The Labute approximate surface area is 221 Å². The minimum Gasteiger partial charge on any atom is -0.507 e. The number of ketones is 2. The summed E-state index contributed by atoms with van der Waals surface area (Å²) in [6, 6.07) is 8.96. The van der Waals surface area contributed by atoms with Gasteiger partial charge in [-0.05, 0) is 79.6 Å². The van der Waals surface area contributed by atoms with Gasteiger partial charge >= 0.3 is 0 Å². The van der Waals surface area contributed by atoms with Gasteiger partial charge in [0.1, 0.15) is 11.4 Å². The molecule has 198 valence electrons. The minimum atomic E-state index is -1.77. The highest BCUT2D eigenvalue weighted by Crippen LogP contribution is 2.78. The summed E-state index contributed by atoms with van der Waals surface area (Å²) in [7, 11) is 0. The molecule has 0 aliphatic heterocycles. The number of carbonyl (C=O) groups is 2. The van der Waals surface area contributed by atoms with E-state index in [0.29, 0.717) is 24.8 Å². The van der Waals surface area contributed by atoms with Gasteiger partial charge in [0, 0.05) is 11.0 Å². The number of hydrogen-bond donors (Lipinski definition) is 2. The molecular weight excluding hydrogens is 460 g/mol. The van der Waals surface area contributed by atoms with E-state index < -0.39 is 27.6 Å². The molecule has 4 aliphatic rings. The van der Waals surface area contributed by atoms with E-state index >= 15 is 0 Å². The van der Waals surface area contributed by atoms with Crippen LogP contribution in [-0.2, 0) is 9.59 Å². The lowest BCUT2D eigenvalue weighted by molar-refractivity contribution is -0.199. The molecular formula is C33H42O4. The Hall–Kier alpha value is -2.72. The van der Waals surface area contributed by atoms with Gasteiger partial charge in [0.25, 0.3) is 0 Å². The summed E-state index contributed by atoms with van der Waals surface area (Å²) in [6.45, 7) is 14.1. The lowest BCUT2D eigenvalue weighted by Gasteiger charge is -2.63. The zero-order valence-corrected chi connectivity index (χ0v) is 23.4. The number of fused-ring (bicyclic) bond motifs is 1. The van der Waals surface area contributed by atoms with Crippen molar-refractivity contribution in [2.24, 2.45) is 22.2 Å². The van der Waals surface area contributed by atoms with Crippen molar-refractivity contribution in [3.05, 3.63) is 76.4 Å². The lowest BCUT2D eigenvalue weighted by Crippen LogP contribution is -2.74. The Morgan fingerprint density at radius 2 is 1.49 bits per heavy atom. The van der Waals surface area contributed by atoms with E-state index in [2.05, 4.69) is 26.8 Å². The van der Waals surface area contributed by atoms with Crippen LogP contribution >= 0.6 is 0 Å². The van der Waals surface area contributed by atoms with Gasteiger partial charge in [-0.15, -0.1) is 0 Å². The van der Waals surface area contributed by atoms with Gasteiger partial charge in [0.15, 0.2) is 11.6 Å². The molecule has 4 saturated carbocycles. The molecule has 5 atom stereocenters. The zero-order chi connectivity index (χ0) is 27.4. The van der Waals surface area contributed by atoms with Crippen LogP contribution in [0.4, 0.5) is 0 Å². The molecule has 0 radical (unpaired) electrons. The number of allylic oxidation sites excluding steroid dienone is 6. The van der Waals surface area contributed by atoms with Gasteiger partial charge in [-0.1, -0.05) is 72.2 Å². The standard InChI is InChI=1S/C33H42O4/c1-21(2)13-14-25-19-32(18-16-23(5)6)29(36)31(17-15-22(3)4)20-30(25,7)33(32,37)26(28(31)35)27(34)24-11-9-8-10-12-24/h8-13,15-16,25,34,37H,14,17-20H2,1-7H3/b27-26-/t25-,30+,31?,32+,33-/m1/s1. The molecule has 4 nitrogen and oxygen atoms in total. The van der Waals surface area contributed by atoms with Crippen molar-refractivity contribution in [2.45, 2.75) is 86.2 Å². The van der Waals surface area contributed by atoms with Gasteiger partial charge in [0.05, 0.1) is 16.4 Å². The Morgan fingerprint density at radius 3 is 2.05 bits per heavy atom. The van der Waals surface area contributed by atoms with Gasteiger partial charge < -0.3 is 10.2 Å². The second kappa shape index (κ2) is 9.23. The number of Topliss-reactive ketones (excluding diaryl/α,β-unsaturated/α-hetero) is 2. The van der Waals surface area contributed by atoms with Crippen molar-refractivity contribution < 1.29 is 19.8 Å². The van der Waals surface area contributed by atoms with Crippen molar-refractivity contribution in [1.82, 2.24) is 0 Å². The topological polar surface area (TPSA) is 74.6 Å². The highest BCUT2D eigenvalue weighted by atomic mass is 16.3. The molecule has 2 N–H and O–H groups in total. The third kappa shape index (κ3) is 3.74. The first kappa shape index (κ1) is 27.3. The molecule has 37 heavy (non-hydrogen) atoms. The van der Waals surface area contributed by atoms with E-state index in [0.717, 1.165) is 17.6 Å². The molecule has 5 rings (SSSR count). The molecule has 0 saturated heterocycles. The summed E-state index contributed by atoms with van der Waals surface area (Å²) in [5.74, 6) is -0.768. The molecule has 0 amide bonds. The van der Waals surface area contributed by atoms with Crippen molar-refractivity contribution in [1.29, 1.82) is 0 Å². The number of benzene rings is 1. The first-order valence-electron chi connectivity index (χ1n) is 13.5. The number of hydrogen-bond acceptors (Lipinski definition) is 4. The SMILES string of the molecule is CC(C)=CC[C@@H]1C[C@@]2(CC=C(C)C)C(=O)C3(CC=C(C)C)C[C@]1(C)[C@]2(O)/C(=C(\O)c1ccccc1)C3=O. The van der Waals surface area contributed by atoms with Crippen LogP contribution in [-0.4, -0.2) is 27.4 Å². The molecule has 0 heterocycles. The molecule has 0 spiro atoms. The van der Waals surface area contributed by atoms with Crippen molar-refractivity contribution in [3.8, 4) is 0 Å². The summed E-state index contributed by atoms with van der Waals surface area (Å²) in [4.78, 5) is 29.1. The molecule has 4 bridgehead atoms. The third-order valence-corrected chi connectivity index (χ3v) is 9.39. The summed E-state index contributed by atoms with van der Waals surface area (Å²) >= 11 is 0. The predicted octanol–water partition coefficient (Wildman–Crippen LogP) is 7.31. The first-order valence-corrected chi connectivity index (χ1v) is 13.5. The van der Waals surface area contributed by atoms with Gasteiger partial charge in [-0.25, -0.2) is 0 Å². The number of carbonyl (C=O) groups excluding carboxylic acids is 2. The smallest absolute Gasteiger partial charge is 0.179 e. The van der Waals surface area contributed by atoms with E-state index in [-0.39, 0.29) is 29.5 Å². The summed E-state index contributed by atoms with van der Waals surface area (Å²) < 4.78 is 0. The molecule has 0 aromatic heterocycles. The Kier molecular flexibility index (Phi) is 6.82. The van der Waals surface area contributed by atoms with Crippen LogP contribution in [0.2, 0.25) is 0 Å². The van der Waals surface area contributed by atoms with Crippen LogP contribution in [0.5, 0.6) is 0 Å². The Morgan fingerprint density at radius 1 is 0.919 bits per heavy atom. The third-order valence-electron chi connectivity index (χ3n) is 9.39. The Balaban J connectivity index is 2.10. The largest absolute Gasteiger partial charge is 0.507 e. The van der Waals surface area contributed by atoms with Gasteiger partial charge in [-0.2, -0.15) is 0 Å². The van der Waals surface area contributed by atoms with Gasteiger partial charge in [-0.3, -0.25) is 9.59 Å². The quantitative estimate of drug-likeness (QED) is 0.177. The maximum absolute atomic E-state index is 14.7. The average Bonchev–Trinajstić information content (AvgIpc) is 2.98. The van der Waals surface area contributed by atoms with E-state index in [9.17, 15) is 19.8 Å². The van der Waals surface area contributed by atoms with Crippen LogP contribution in [0, 0.1) is 22.2 Å². The first-order chi connectivity index (χ1) is 17.3. The van der Waals surface area contributed by atoms with Crippen LogP contribution in [0.25, 0.3) is 5.76 Å². The average molecular weight is 503 g/mol. The van der Waals surface area contributed by atoms with E-state index in [1.807, 2.05) is 45.9 Å². The molecule has 4 fully saturated rings. The van der Waals surface area contributed by atoms with Crippen molar-refractivity contribution in [2.75, 3.05) is 0 Å². The van der Waals surface area contributed by atoms with Crippen LogP contribution in [0.1, 0.15) is 86.1 Å². The monoisotopic (exact) mass is 502 g/mol. The van der Waals surface area contributed by atoms with Gasteiger partial charge in [0.2, 0.25) is 0 Å². The second-order valence-corrected chi connectivity index (χ2v) is 12.6. The normalized spacial score (nSPS) is 35.3. The van der Waals surface area contributed by atoms with Crippen molar-refractivity contribution in [3.63, 3.8) is 0 Å². The molecule has 1 unspecified atom stereocenters. The zero-order valence-electron chi connectivity index (χ0n) is 23.4. The summed E-state index contributed by atoms with van der Waals surface area (Å²) in [6.07, 6.45) is 8.32. The number of aliphatic hydroxyl groups excluding tert-OH is 1. The maximum Gasteiger partial charge on any atom is 0.179 e. The lowest BCUT2D eigenvalue weighted by atomic mass is 9.38.